The summed E-state index contributed by atoms with van der Waals surface area (Å²) < 4.78 is 0. The number of rotatable bonds is 8. The van der Waals surface area contributed by atoms with Crippen molar-refractivity contribution < 1.29 is 0 Å². The molecule has 2 heteroatoms. The molecule has 0 bridgehead atoms. The second-order valence-corrected chi connectivity index (χ2v) is 14.5. The molecular formula is C40H32P2. The maximum absolute atomic E-state index is 3.60. The molecule has 202 valence electrons. The zero-order valence-electron chi connectivity index (χ0n) is 23.5. The van der Waals surface area contributed by atoms with Crippen LogP contribution in [0.15, 0.2) is 170 Å². The first-order valence-electron chi connectivity index (χ1n) is 14.3. The first-order valence-corrected chi connectivity index (χ1v) is 17.3. The zero-order valence-corrected chi connectivity index (χ0v) is 25.3. The largest absolute Gasteiger partial charge is 0.0622 e. The van der Waals surface area contributed by atoms with E-state index >= 15 is 0 Å². The molecule has 0 aliphatic heterocycles. The van der Waals surface area contributed by atoms with Gasteiger partial charge in [0.1, 0.15) is 0 Å². The molecule has 0 nitrogen and oxygen atoms in total. The van der Waals surface area contributed by atoms with Crippen LogP contribution in [-0.4, -0.2) is 0 Å². The smallest absolute Gasteiger partial charge is 0.0284 e. The lowest BCUT2D eigenvalue weighted by atomic mass is 10.1. The van der Waals surface area contributed by atoms with E-state index in [1.54, 1.807) is 0 Å². The molecule has 0 saturated heterocycles. The summed E-state index contributed by atoms with van der Waals surface area (Å²) in [5.41, 5.74) is 4.83. The number of hydrogen-bond donors (Lipinski definition) is 0. The van der Waals surface area contributed by atoms with Crippen molar-refractivity contribution in [3.8, 4) is 11.8 Å². The highest BCUT2D eigenvalue weighted by Gasteiger charge is 2.17. The minimum absolute atomic E-state index is 0.543. The van der Waals surface area contributed by atoms with Crippen LogP contribution in [0, 0.1) is 11.8 Å². The van der Waals surface area contributed by atoms with E-state index in [-0.39, 0.29) is 0 Å². The van der Waals surface area contributed by atoms with Crippen molar-refractivity contribution >= 4 is 37.1 Å². The summed E-state index contributed by atoms with van der Waals surface area (Å²) in [6, 6.07) is 61.1. The molecule has 0 saturated carbocycles. The van der Waals surface area contributed by atoms with E-state index in [2.05, 4.69) is 182 Å². The highest BCUT2D eigenvalue weighted by Crippen LogP contribution is 2.40. The van der Waals surface area contributed by atoms with Crippen molar-refractivity contribution in [1.82, 2.24) is 0 Å². The summed E-state index contributed by atoms with van der Waals surface area (Å²) in [6.45, 7) is 0. The van der Waals surface area contributed by atoms with E-state index in [4.69, 9.17) is 0 Å². The monoisotopic (exact) mass is 574 g/mol. The Morgan fingerprint density at radius 1 is 0.310 bits per heavy atom. The molecule has 0 amide bonds. The SMILES string of the molecule is C(#Cc1ccccc1CP(c1ccccc1)c1ccccc1)c1ccccc1CP(c1ccccc1)c1ccccc1. The Kier molecular flexibility index (Phi) is 9.35. The standard InChI is InChI=1S/C40H32P2/c1-5-21-37(22-6-1)41(38-23-7-2-8-24-38)31-35-19-15-13-17-33(35)29-30-34-18-14-16-20-36(34)32-42(39-25-9-3-10-26-39)40-27-11-4-12-28-40/h1-28H,31-32H2. The lowest BCUT2D eigenvalue weighted by Gasteiger charge is -2.20. The Hall–Kier alpha value is -4.26. The van der Waals surface area contributed by atoms with Crippen LogP contribution >= 0.6 is 15.8 Å². The van der Waals surface area contributed by atoms with Crippen LogP contribution < -0.4 is 21.2 Å². The average Bonchev–Trinajstić information content (AvgIpc) is 3.07. The number of hydrogen-bond acceptors (Lipinski definition) is 0. The highest BCUT2D eigenvalue weighted by molar-refractivity contribution is 7.72. The van der Waals surface area contributed by atoms with Gasteiger partial charge in [0.05, 0.1) is 0 Å². The van der Waals surface area contributed by atoms with Crippen molar-refractivity contribution in [2.75, 3.05) is 0 Å². The van der Waals surface area contributed by atoms with E-state index in [0.29, 0.717) is 0 Å². The van der Waals surface area contributed by atoms with Gasteiger partial charge in [-0.2, -0.15) is 0 Å². The molecule has 0 aromatic heterocycles. The van der Waals surface area contributed by atoms with Crippen LogP contribution in [0.3, 0.4) is 0 Å². The van der Waals surface area contributed by atoms with E-state index < -0.39 is 15.8 Å². The Morgan fingerprint density at radius 2 is 0.571 bits per heavy atom. The maximum Gasteiger partial charge on any atom is 0.0284 e. The van der Waals surface area contributed by atoms with Gasteiger partial charge in [0.25, 0.3) is 0 Å². The molecule has 0 aliphatic carbocycles. The maximum atomic E-state index is 3.60. The molecule has 0 aliphatic rings. The third-order valence-electron chi connectivity index (χ3n) is 7.29. The summed E-state index contributed by atoms with van der Waals surface area (Å²) in [5, 5.41) is 5.56. The molecule has 0 fully saturated rings. The van der Waals surface area contributed by atoms with Crippen molar-refractivity contribution in [2.45, 2.75) is 12.3 Å². The molecule has 6 aromatic rings. The van der Waals surface area contributed by atoms with Crippen LogP contribution in [0.1, 0.15) is 22.3 Å². The fourth-order valence-electron chi connectivity index (χ4n) is 5.13. The molecule has 42 heavy (non-hydrogen) atoms. The highest BCUT2D eigenvalue weighted by atomic mass is 31.1. The Bertz CT molecular complexity index is 1560. The molecule has 0 unspecified atom stereocenters. The van der Waals surface area contributed by atoms with Gasteiger partial charge in [-0.25, -0.2) is 0 Å². The van der Waals surface area contributed by atoms with E-state index in [1.165, 1.54) is 32.3 Å². The summed E-state index contributed by atoms with van der Waals surface area (Å²) in [5.74, 6) is 7.20. The molecule has 0 heterocycles. The number of benzene rings is 6. The van der Waals surface area contributed by atoms with Gasteiger partial charge in [0, 0.05) is 23.5 Å². The fraction of sp³-hybridized carbons (Fsp3) is 0.0500. The molecule has 0 radical (unpaired) electrons. The van der Waals surface area contributed by atoms with Crippen LogP contribution in [0.2, 0.25) is 0 Å². The third kappa shape index (κ3) is 6.96. The van der Waals surface area contributed by atoms with Crippen molar-refractivity contribution in [2.24, 2.45) is 0 Å². The zero-order chi connectivity index (χ0) is 28.4. The van der Waals surface area contributed by atoms with Gasteiger partial charge in [-0.1, -0.05) is 170 Å². The second kappa shape index (κ2) is 14.1. The quantitative estimate of drug-likeness (QED) is 0.127. The first kappa shape index (κ1) is 27.9. The third-order valence-corrected chi connectivity index (χ3v) is 12.3. The Labute approximate surface area is 252 Å². The van der Waals surface area contributed by atoms with Gasteiger partial charge in [-0.3, -0.25) is 0 Å². The van der Waals surface area contributed by atoms with Crippen LogP contribution in [0.4, 0.5) is 0 Å². The normalized spacial score (nSPS) is 10.8. The predicted octanol–water partition coefficient (Wildman–Crippen LogP) is 8.35. The van der Waals surface area contributed by atoms with Crippen molar-refractivity contribution in [1.29, 1.82) is 0 Å². The average molecular weight is 575 g/mol. The predicted molar refractivity (Wildman–Crippen MR) is 184 cm³/mol. The van der Waals surface area contributed by atoms with Crippen LogP contribution in [0.5, 0.6) is 0 Å². The summed E-state index contributed by atoms with van der Waals surface area (Å²) in [6.07, 6.45) is 1.92. The molecule has 0 spiro atoms. The van der Waals surface area contributed by atoms with E-state index in [1.807, 2.05) is 0 Å². The summed E-state index contributed by atoms with van der Waals surface area (Å²) in [4.78, 5) is 0. The lowest BCUT2D eigenvalue weighted by Crippen LogP contribution is -2.13. The van der Waals surface area contributed by atoms with Crippen molar-refractivity contribution in [3.05, 3.63) is 192 Å². The minimum atomic E-state index is -0.543. The van der Waals surface area contributed by atoms with Gasteiger partial charge >= 0.3 is 0 Å². The van der Waals surface area contributed by atoms with E-state index in [0.717, 1.165) is 23.5 Å². The fourth-order valence-corrected chi connectivity index (χ4v) is 9.82. The lowest BCUT2D eigenvalue weighted by molar-refractivity contribution is 1.36. The van der Waals surface area contributed by atoms with Crippen LogP contribution in [-0.2, 0) is 12.3 Å². The molecule has 0 N–H and O–H groups in total. The summed E-state index contributed by atoms with van der Waals surface area (Å²) in [7, 11) is -1.09. The van der Waals surface area contributed by atoms with E-state index in [9.17, 15) is 0 Å². The van der Waals surface area contributed by atoms with Gasteiger partial charge in [0.15, 0.2) is 0 Å². The Balaban J connectivity index is 1.32. The minimum Gasteiger partial charge on any atom is -0.0622 e. The van der Waals surface area contributed by atoms with Gasteiger partial charge in [-0.05, 0) is 60.3 Å². The van der Waals surface area contributed by atoms with Crippen molar-refractivity contribution in [3.63, 3.8) is 0 Å². The molecule has 6 rings (SSSR count). The van der Waals surface area contributed by atoms with Gasteiger partial charge in [-0.15, -0.1) is 0 Å². The molecule has 0 atom stereocenters. The molecule has 6 aromatic carbocycles. The Morgan fingerprint density at radius 3 is 0.881 bits per heavy atom. The summed E-state index contributed by atoms with van der Waals surface area (Å²) >= 11 is 0. The second-order valence-electron chi connectivity index (χ2n) is 10.1. The van der Waals surface area contributed by atoms with Crippen LogP contribution in [0.25, 0.3) is 0 Å². The van der Waals surface area contributed by atoms with Gasteiger partial charge in [0.2, 0.25) is 0 Å². The molecular weight excluding hydrogens is 542 g/mol. The first-order chi connectivity index (χ1) is 20.8. The topological polar surface area (TPSA) is 0 Å². The van der Waals surface area contributed by atoms with Gasteiger partial charge < -0.3 is 0 Å².